The first-order valence-corrected chi connectivity index (χ1v) is 7.23. The van der Waals surface area contributed by atoms with Gasteiger partial charge in [0, 0.05) is 16.1 Å². The maximum Gasteiger partial charge on any atom is 0.129 e. The molecule has 0 aromatic heterocycles. The zero-order chi connectivity index (χ0) is 15.4. The number of ether oxygens (including phenoxy) is 1. The third kappa shape index (κ3) is 2.90. The van der Waals surface area contributed by atoms with Gasteiger partial charge in [-0.2, -0.15) is 0 Å². The quantitative estimate of drug-likeness (QED) is 0.424. The standard InChI is InChI=1S/C18H14ClNO2/c19-17-8-4-2-6-14(17)12-22-18-10-9-13-5-1-3-7-15(13)16(18)11-20-21/h1-11,21H,12H2/b20-11-. The molecule has 0 bridgehead atoms. The molecular formula is C18H14ClNO2. The van der Waals surface area contributed by atoms with Gasteiger partial charge in [0.1, 0.15) is 12.4 Å². The van der Waals surface area contributed by atoms with Crippen molar-refractivity contribution >= 4 is 28.6 Å². The number of hydrogen-bond acceptors (Lipinski definition) is 3. The molecule has 0 aliphatic carbocycles. The highest BCUT2D eigenvalue weighted by Crippen LogP contribution is 2.28. The molecular weight excluding hydrogens is 298 g/mol. The molecule has 0 fully saturated rings. The molecule has 1 N–H and O–H groups in total. The van der Waals surface area contributed by atoms with Gasteiger partial charge in [0.2, 0.25) is 0 Å². The number of nitrogens with zero attached hydrogens (tertiary/aromatic N) is 1. The Balaban J connectivity index is 1.96. The van der Waals surface area contributed by atoms with E-state index < -0.39 is 0 Å². The van der Waals surface area contributed by atoms with Crippen LogP contribution in [0.2, 0.25) is 5.02 Å². The van der Waals surface area contributed by atoms with Crippen LogP contribution >= 0.6 is 11.6 Å². The third-order valence-electron chi connectivity index (χ3n) is 3.46. The van der Waals surface area contributed by atoms with Crippen molar-refractivity contribution in [1.82, 2.24) is 0 Å². The lowest BCUT2D eigenvalue weighted by Gasteiger charge is -2.12. The highest BCUT2D eigenvalue weighted by Gasteiger charge is 2.08. The van der Waals surface area contributed by atoms with Crippen LogP contribution in [-0.4, -0.2) is 11.4 Å². The van der Waals surface area contributed by atoms with Gasteiger partial charge in [0.15, 0.2) is 0 Å². The van der Waals surface area contributed by atoms with E-state index in [0.717, 1.165) is 21.9 Å². The number of fused-ring (bicyclic) bond motifs is 1. The van der Waals surface area contributed by atoms with Crippen LogP contribution in [0.4, 0.5) is 0 Å². The monoisotopic (exact) mass is 311 g/mol. The highest BCUT2D eigenvalue weighted by atomic mass is 35.5. The summed E-state index contributed by atoms with van der Waals surface area (Å²) in [5, 5.41) is 14.8. The molecule has 0 aliphatic heterocycles. The molecule has 0 spiro atoms. The Morgan fingerprint density at radius 1 is 1.00 bits per heavy atom. The Morgan fingerprint density at radius 2 is 1.77 bits per heavy atom. The minimum absolute atomic E-state index is 0.351. The zero-order valence-electron chi connectivity index (χ0n) is 11.7. The molecule has 3 aromatic rings. The molecule has 0 unspecified atom stereocenters. The van der Waals surface area contributed by atoms with Gasteiger partial charge < -0.3 is 9.94 Å². The summed E-state index contributed by atoms with van der Waals surface area (Å²) in [5.41, 5.74) is 1.65. The lowest BCUT2D eigenvalue weighted by molar-refractivity contribution is 0.304. The van der Waals surface area contributed by atoms with Gasteiger partial charge in [-0.3, -0.25) is 0 Å². The minimum atomic E-state index is 0.351. The van der Waals surface area contributed by atoms with Crippen LogP contribution in [0.25, 0.3) is 10.8 Å². The minimum Gasteiger partial charge on any atom is -0.488 e. The summed E-state index contributed by atoms with van der Waals surface area (Å²) in [7, 11) is 0. The molecule has 0 radical (unpaired) electrons. The van der Waals surface area contributed by atoms with Gasteiger partial charge in [0.25, 0.3) is 0 Å². The molecule has 0 heterocycles. The Labute approximate surface area is 133 Å². The van der Waals surface area contributed by atoms with Gasteiger partial charge in [-0.25, -0.2) is 0 Å². The predicted molar refractivity (Wildman–Crippen MR) is 89.1 cm³/mol. The molecule has 0 atom stereocenters. The van der Waals surface area contributed by atoms with Crippen molar-refractivity contribution < 1.29 is 9.94 Å². The van der Waals surface area contributed by atoms with E-state index in [0.29, 0.717) is 17.4 Å². The summed E-state index contributed by atoms with van der Waals surface area (Å²) >= 11 is 6.14. The normalized spacial score (nSPS) is 11.1. The second-order valence-corrected chi connectivity index (χ2v) is 5.23. The molecule has 4 heteroatoms. The highest BCUT2D eigenvalue weighted by molar-refractivity contribution is 6.31. The van der Waals surface area contributed by atoms with E-state index in [1.54, 1.807) is 0 Å². The SMILES string of the molecule is O/N=C\c1c(OCc2ccccc2Cl)ccc2ccccc12. The lowest BCUT2D eigenvalue weighted by atomic mass is 10.0. The van der Waals surface area contributed by atoms with E-state index in [2.05, 4.69) is 5.16 Å². The van der Waals surface area contributed by atoms with Crippen LogP contribution in [0.5, 0.6) is 5.75 Å². The summed E-state index contributed by atoms with van der Waals surface area (Å²) in [6.07, 6.45) is 1.39. The van der Waals surface area contributed by atoms with Crippen LogP contribution in [0, 0.1) is 0 Å². The number of oxime groups is 1. The first-order chi connectivity index (χ1) is 10.8. The van der Waals surface area contributed by atoms with E-state index in [9.17, 15) is 0 Å². The lowest BCUT2D eigenvalue weighted by Crippen LogP contribution is -1.99. The average Bonchev–Trinajstić information content (AvgIpc) is 2.55. The average molecular weight is 312 g/mol. The number of rotatable bonds is 4. The first-order valence-electron chi connectivity index (χ1n) is 6.85. The first kappa shape index (κ1) is 14.4. The van der Waals surface area contributed by atoms with Gasteiger partial charge >= 0.3 is 0 Å². The van der Waals surface area contributed by atoms with Crippen molar-refractivity contribution in [3.05, 3.63) is 76.8 Å². The van der Waals surface area contributed by atoms with Gasteiger partial charge in [-0.05, 0) is 22.9 Å². The van der Waals surface area contributed by atoms with E-state index in [-0.39, 0.29) is 0 Å². The zero-order valence-corrected chi connectivity index (χ0v) is 12.5. The van der Waals surface area contributed by atoms with Gasteiger partial charge in [0.05, 0.1) is 6.21 Å². The van der Waals surface area contributed by atoms with E-state index in [4.69, 9.17) is 21.5 Å². The van der Waals surface area contributed by atoms with E-state index in [1.807, 2.05) is 60.7 Å². The number of benzene rings is 3. The van der Waals surface area contributed by atoms with Gasteiger partial charge in [-0.15, -0.1) is 0 Å². The Kier molecular flexibility index (Phi) is 4.26. The van der Waals surface area contributed by atoms with Crippen LogP contribution < -0.4 is 4.74 Å². The molecule has 0 saturated heterocycles. The van der Waals surface area contributed by atoms with E-state index >= 15 is 0 Å². The van der Waals surface area contributed by atoms with Crippen molar-refractivity contribution in [3.63, 3.8) is 0 Å². The van der Waals surface area contributed by atoms with Crippen molar-refractivity contribution in [2.45, 2.75) is 6.61 Å². The van der Waals surface area contributed by atoms with Crippen molar-refractivity contribution in [2.75, 3.05) is 0 Å². The summed E-state index contributed by atoms with van der Waals surface area (Å²) in [6.45, 7) is 0.351. The Bertz CT molecular complexity index is 830. The van der Waals surface area contributed by atoms with Gasteiger partial charge in [-0.1, -0.05) is 65.3 Å². The van der Waals surface area contributed by atoms with E-state index in [1.165, 1.54) is 6.21 Å². The third-order valence-corrected chi connectivity index (χ3v) is 3.83. The van der Waals surface area contributed by atoms with Crippen molar-refractivity contribution in [1.29, 1.82) is 0 Å². The molecule has 0 saturated carbocycles. The van der Waals surface area contributed by atoms with Crippen molar-refractivity contribution in [2.24, 2.45) is 5.16 Å². The van der Waals surface area contributed by atoms with Crippen LogP contribution in [0.15, 0.2) is 65.8 Å². The predicted octanol–water partition coefficient (Wildman–Crippen LogP) is 4.88. The topological polar surface area (TPSA) is 41.8 Å². The summed E-state index contributed by atoms with van der Waals surface area (Å²) in [6, 6.07) is 19.3. The maximum atomic E-state index is 8.93. The summed E-state index contributed by atoms with van der Waals surface area (Å²) < 4.78 is 5.88. The molecule has 0 aliphatic rings. The second kappa shape index (κ2) is 6.50. The fraction of sp³-hybridized carbons (Fsp3) is 0.0556. The number of hydrogen-bond donors (Lipinski definition) is 1. The smallest absolute Gasteiger partial charge is 0.129 e. The molecule has 3 aromatic carbocycles. The van der Waals surface area contributed by atoms with Crippen molar-refractivity contribution in [3.8, 4) is 5.75 Å². The Morgan fingerprint density at radius 3 is 2.59 bits per heavy atom. The second-order valence-electron chi connectivity index (χ2n) is 4.82. The van der Waals surface area contributed by atoms with Crippen LogP contribution in [0.1, 0.15) is 11.1 Å². The molecule has 3 nitrogen and oxygen atoms in total. The fourth-order valence-electron chi connectivity index (χ4n) is 2.36. The summed E-state index contributed by atoms with van der Waals surface area (Å²) in [4.78, 5) is 0. The fourth-order valence-corrected chi connectivity index (χ4v) is 2.55. The molecule has 22 heavy (non-hydrogen) atoms. The molecule has 0 amide bonds. The summed E-state index contributed by atoms with van der Waals surface area (Å²) in [5.74, 6) is 0.649. The molecule has 3 rings (SSSR count). The molecule has 110 valence electrons. The Hall–Kier alpha value is -2.52. The maximum absolute atomic E-state index is 8.93. The van der Waals surface area contributed by atoms with Crippen LogP contribution in [-0.2, 0) is 6.61 Å². The largest absolute Gasteiger partial charge is 0.488 e. The number of halogens is 1. The van der Waals surface area contributed by atoms with Crippen LogP contribution in [0.3, 0.4) is 0 Å².